The summed E-state index contributed by atoms with van der Waals surface area (Å²) >= 11 is 1.44. The van der Waals surface area contributed by atoms with E-state index in [1.807, 2.05) is 41.5 Å². The number of aliphatic carboxylic acids is 1. The molecule has 0 radical (unpaired) electrons. The SMILES string of the molecule is Cc1ccc(-c2csc3ncn(CCC(=O)NC4CCN(CC(=O)O)CC4)c(=O)c23)cc1. The summed E-state index contributed by atoms with van der Waals surface area (Å²) in [5, 5.41) is 14.4. The van der Waals surface area contributed by atoms with Gasteiger partial charge in [-0.05, 0) is 25.3 Å². The summed E-state index contributed by atoms with van der Waals surface area (Å²) < 4.78 is 1.50. The number of nitrogens with zero attached hydrogens (tertiary/aromatic N) is 3. The highest BCUT2D eigenvalue weighted by molar-refractivity contribution is 7.17. The van der Waals surface area contributed by atoms with Crippen LogP contribution in [0.2, 0.25) is 0 Å². The Morgan fingerprint density at radius 3 is 2.62 bits per heavy atom. The largest absolute Gasteiger partial charge is 0.480 e. The standard InChI is InChI=1S/C23H26N4O4S/c1-15-2-4-16(5-3-15)18-13-32-22-21(18)23(31)27(14-24-22)11-8-19(28)25-17-6-9-26(10-7-17)12-20(29)30/h2-5,13-14,17H,6-12H2,1H3,(H,25,28)(H,29,30). The van der Waals surface area contributed by atoms with Gasteiger partial charge in [0.25, 0.3) is 5.56 Å². The normalized spacial score (nSPS) is 15.2. The van der Waals surface area contributed by atoms with Crippen molar-refractivity contribution in [1.82, 2.24) is 19.8 Å². The summed E-state index contributed by atoms with van der Waals surface area (Å²) in [7, 11) is 0. The molecule has 0 aliphatic carbocycles. The molecule has 3 aromatic rings. The predicted molar refractivity (Wildman–Crippen MR) is 124 cm³/mol. The van der Waals surface area contributed by atoms with Crippen LogP contribution < -0.4 is 10.9 Å². The zero-order chi connectivity index (χ0) is 22.7. The first-order chi connectivity index (χ1) is 15.4. The van der Waals surface area contributed by atoms with Crippen molar-refractivity contribution in [2.75, 3.05) is 19.6 Å². The fraction of sp³-hybridized carbons (Fsp3) is 0.391. The van der Waals surface area contributed by atoms with Crippen molar-refractivity contribution in [2.24, 2.45) is 0 Å². The summed E-state index contributed by atoms with van der Waals surface area (Å²) in [6.45, 7) is 3.61. The van der Waals surface area contributed by atoms with Gasteiger partial charge in [-0.2, -0.15) is 0 Å². The fourth-order valence-electron chi connectivity index (χ4n) is 4.02. The number of hydrogen-bond acceptors (Lipinski definition) is 6. The van der Waals surface area contributed by atoms with Crippen molar-refractivity contribution in [3.8, 4) is 11.1 Å². The van der Waals surface area contributed by atoms with Gasteiger partial charge in [0.1, 0.15) is 4.83 Å². The summed E-state index contributed by atoms with van der Waals surface area (Å²) in [5.41, 5.74) is 2.86. The summed E-state index contributed by atoms with van der Waals surface area (Å²) in [6.07, 6.45) is 3.15. The van der Waals surface area contributed by atoms with Crippen LogP contribution >= 0.6 is 11.3 Å². The topological polar surface area (TPSA) is 105 Å². The number of carboxylic acids is 1. The highest BCUT2D eigenvalue weighted by atomic mass is 32.1. The smallest absolute Gasteiger partial charge is 0.317 e. The van der Waals surface area contributed by atoms with E-state index in [1.54, 1.807) is 0 Å². The molecule has 1 saturated heterocycles. The Labute approximate surface area is 189 Å². The molecule has 9 heteroatoms. The van der Waals surface area contributed by atoms with Gasteiger partial charge in [-0.15, -0.1) is 11.3 Å². The monoisotopic (exact) mass is 454 g/mol. The highest BCUT2D eigenvalue weighted by Crippen LogP contribution is 2.30. The van der Waals surface area contributed by atoms with Gasteiger partial charge in [0.05, 0.1) is 18.3 Å². The lowest BCUT2D eigenvalue weighted by Gasteiger charge is -2.31. The number of aromatic nitrogens is 2. The average molecular weight is 455 g/mol. The number of thiophene rings is 1. The molecule has 0 unspecified atom stereocenters. The molecule has 2 N–H and O–H groups in total. The highest BCUT2D eigenvalue weighted by Gasteiger charge is 2.22. The zero-order valence-electron chi connectivity index (χ0n) is 17.9. The first-order valence-electron chi connectivity index (χ1n) is 10.7. The number of rotatable bonds is 7. The molecule has 0 saturated carbocycles. The van der Waals surface area contributed by atoms with E-state index in [0.717, 1.165) is 29.5 Å². The molecule has 168 valence electrons. The second-order valence-corrected chi connectivity index (χ2v) is 9.06. The Balaban J connectivity index is 1.39. The Bertz CT molecular complexity index is 1180. The van der Waals surface area contributed by atoms with Crippen molar-refractivity contribution in [3.63, 3.8) is 0 Å². The van der Waals surface area contributed by atoms with Gasteiger partial charge in [-0.25, -0.2) is 4.98 Å². The average Bonchev–Trinajstić information content (AvgIpc) is 3.20. The lowest BCUT2D eigenvalue weighted by molar-refractivity contribution is -0.138. The van der Waals surface area contributed by atoms with E-state index in [9.17, 15) is 14.4 Å². The molecule has 0 spiro atoms. The lowest BCUT2D eigenvalue weighted by Crippen LogP contribution is -2.46. The third kappa shape index (κ3) is 5.05. The first kappa shape index (κ1) is 22.2. The molecule has 1 aliphatic rings. The number of aryl methyl sites for hydroxylation is 2. The number of benzene rings is 1. The van der Waals surface area contributed by atoms with E-state index >= 15 is 0 Å². The van der Waals surface area contributed by atoms with Crippen LogP contribution in [0.4, 0.5) is 0 Å². The number of piperidine rings is 1. The number of carbonyl (C=O) groups excluding carboxylic acids is 1. The number of nitrogens with one attached hydrogen (secondary N) is 1. The van der Waals surface area contributed by atoms with Crippen molar-refractivity contribution >= 4 is 33.4 Å². The maximum atomic E-state index is 13.1. The van der Waals surface area contributed by atoms with Crippen molar-refractivity contribution in [3.05, 3.63) is 51.9 Å². The van der Waals surface area contributed by atoms with Crippen molar-refractivity contribution in [2.45, 2.75) is 38.8 Å². The van der Waals surface area contributed by atoms with E-state index < -0.39 is 5.97 Å². The summed E-state index contributed by atoms with van der Waals surface area (Å²) in [5.74, 6) is -0.947. The number of hydrogen-bond donors (Lipinski definition) is 2. The number of likely N-dealkylation sites (tertiary alicyclic amines) is 1. The molecular formula is C23H26N4O4S. The van der Waals surface area contributed by atoms with Crippen LogP contribution in [0.1, 0.15) is 24.8 Å². The zero-order valence-corrected chi connectivity index (χ0v) is 18.7. The number of carbonyl (C=O) groups is 2. The first-order valence-corrected chi connectivity index (χ1v) is 11.6. The van der Waals surface area contributed by atoms with Gasteiger partial charge in [-0.3, -0.25) is 23.9 Å². The van der Waals surface area contributed by atoms with Gasteiger partial charge < -0.3 is 10.4 Å². The van der Waals surface area contributed by atoms with Gasteiger partial charge in [0.2, 0.25) is 5.91 Å². The second kappa shape index (κ2) is 9.62. The van der Waals surface area contributed by atoms with Crippen molar-refractivity contribution < 1.29 is 14.7 Å². The molecule has 1 amide bonds. The number of fused-ring (bicyclic) bond motifs is 1. The second-order valence-electron chi connectivity index (χ2n) is 8.20. The Morgan fingerprint density at radius 2 is 1.94 bits per heavy atom. The predicted octanol–water partition coefficient (Wildman–Crippen LogP) is 2.49. The fourth-order valence-corrected chi connectivity index (χ4v) is 4.93. The minimum absolute atomic E-state index is 0.0339. The minimum atomic E-state index is -0.834. The van der Waals surface area contributed by atoms with Gasteiger partial charge in [0.15, 0.2) is 0 Å². The number of amides is 1. The molecule has 1 aliphatic heterocycles. The molecule has 1 aromatic carbocycles. The molecule has 32 heavy (non-hydrogen) atoms. The maximum absolute atomic E-state index is 13.1. The Kier molecular flexibility index (Phi) is 6.66. The molecule has 8 nitrogen and oxygen atoms in total. The van der Waals surface area contributed by atoms with Crippen LogP contribution in [-0.2, 0) is 16.1 Å². The van der Waals surface area contributed by atoms with Crippen LogP contribution in [0.15, 0.2) is 40.8 Å². The van der Waals surface area contributed by atoms with E-state index in [0.29, 0.717) is 23.3 Å². The van der Waals surface area contributed by atoms with Crippen LogP contribution in [-0.4, -0.2) is 57.1 Å². The summed E-state index contributed by atoms with van der Waals surface area (Å²) in [6, 6.07) is 8.08. The van der Waals surface area contributed by atoms with Crippen LogP contribution in [0.5, 0.6) is 0 Å². The van der Waals surface area contributed by atoms with Crippen molar-refractivity contribution in [1.29, 1.82) is 0 Å². The molecule has 0 bridgehead atoms. The maximum Gasteiger partial charge on any atom is 0.317 e. The summed E-state index contributed by atoms with van der Waals surface area (Å²) in [4.78, 5) is 43.4. The third-order valence-corrected chi connectivity index (χ3v) is 6.70. The van der Waals surface area contributed by atoms with Gasteiger partial charge in [-0.1, -0.05) is 29.8 Å². The third-order valence-electron chi connectivity index (χ3n) is 5.81. The van der Waals surface area contributed by atoms with E-state index in [1.165, 1.54) is 22.2 Å². The minimum Gasteiger partial charge on any atom is -0.480 e. The molecule has 0 atom stereocenters. The van der Waals surface area contributed by atoms with E-state index in [2.05, 4.69) is 10.3 Å². The molecule has 2 aromatic heterocycles. The van der Waals surface area contributed by atoms with Crippen LogP contribution in [0.25, 0.3) is 21.3 Å². The lowest BCUT2D eigenvalue weighted by atomic mass is 10.0. The molecular weight excluding hydrogens is 428 g/mol. The molecule has 1 fully saturated rings. The van der Waals surface area contributed by atoms with Gasteiger partial charge in [0, 0.05) is 43.0 Å². The molecule has 4 rings (SSSR count). The van der Waals surface area contributed by atoms with Crippen LogP contribution in [0.3, 0.4) is 0 Å². The number of carboxylic acid groups (broad SMARTS) is 1. The van der Waals surface area contributed by atoms with Gasteiger partial charge >= 0.3 is 5.97 Å². The Hall–Kier alpha value is -3.04. The van der Waals surface area contributed by atoms with Crippen LogP contribution in [0, 0.1) is 6.92 Å². The quantitative estimate of drug-likeness (QED) is 0.568. The Morgan fingerprint density at radius 1 is 1.22 bits per heavy atom. The molecule has 3 heterocycles. The van der Waals surface area contributed by atoms with E-state index in [-0.39, 0.29) is 37.0 Å². The van der Waals surface area contributed by atoms with E-state index in [4.69, 9.17) is 5.11 Å².